The van der Waals surface area contributed by atoms with Crippen LogP contribution in [0.3, 0.4) is 0 Å². The van der Waals surface area contributed by atoms with Crippen molar-refractivity contribution in [1.29, 1.82) is 0 Å². The first-order chi connectivity index (χ1) is 14.9. The maximum Gasteiger partial charge on any atom is 0.260 e. The van der Waals surface area contributed by atoms with Gasteiger partial charge in [-0.3, -0.25) is 14.4 Å². The van der Waals surface area contributed by atoms with Crippen LogP contribution in [0.5, 0.6) is 5.75 Å². The number of hydrogen-bond donors (Lipinski definition) is 2. The van der Waals surface area contributed by atoms with Gasteiger partial charge in [-0.1, -0.05) is 18.2 Å². The molecule has 0 bridgehead atoms. The van der Waals surface area contributed by atoms with Gasteiger partial charge in [-0.25, -0.2) is 4.39 Å². The molecular weight excluding hydrogens is 401 g/mol. The van der Waals surface area contributed by atoms with E-state index in [9.17, 15) is 18.8 Å². The molecule has 1 saturated carbocycles. The molecular formula is C23H26FN3O4. The molecule has 0 heterocycles. The van der Waals surface area contributed by atoms with Gasteiger partial charge in [0.2, 0.25) is 11.8 Å². The van der Waals surface area contributed by atoms with Crippen LogP contribution in [0.4, 0.5) is 10.1 Å². The van der Waals surface area contributed by atoms with Gasteiger partial charge in [-0.05, 0) is 49.6 Å². The zero-order chi connectivity index (χ0) is 22.2. The molecule has 3 rings (SSSR count). The zero-order valence-electron chi connectivity index (χ0n) is 17.4. The van der Waals surface area contributed by atoms with E-state index in [4.69, 9.17) is 4.74 Å². The van der Waals surface area contributed by atoms with Crippen LogP contribution in [-0.2, 0) is 20.9 Å². The molecule has 0 aliphatic heterocycles. The van der Waals surface area contributed by atoms with E-state index in [1.54, 1.807) is 43.3 Å². The summed E-state index contributed by atoms with van der Waals surface area (Å²) in [6.07, 6.45) is 1.84. The summed E-state index contributed by atoms with van der Waals surface area (Å²) in [5.41, 5.74) is 1.38. The van der Waals surface area contributed by atoms with E-state index >= 15 is 0 Å². The molecule has 2 N–H and O–H groups in total. The van der Waals surface area contributed by atoms with Crippen LogP contribution in [0, 0.1) is 11.7 Å². The molecule has 0 atom stereocenters. The monoisotopic (exact) mass is 427 g/mol. The number of rotatable bonds is 10. The van der Waals surface area contributed by atoms with Gasteiger partial charge >= 0.3 is 0 Å². The van der Waals surface area contributed by atoms with Crippen LogP contribution >= 0.6 is 0 Å². The third-order valence-electron chi connectivity index (χ3n) is 4.88. The Labute approximate surface area is 180 Å². The lowest BCUT2D eigenvalue weighted by Crippen LogP contribution is -2.42. The molecule has 164 valence electrons. The van der Waals surface area contributed by atoms with E-state index in [2.05, 4.69) is 10.6 Å². The SMILES string of the molecule is CCN(CC(=O)NCc1ccc(F)cc1)C(=O)COc1cccc(NC(=O)C2CC2)c1. The molecule has 3 amide bonds. The van der Waals surface area contributed by atoms with Crippen molar-refractivity contribution in [2.24, 2.45) is 5.92 Å². The minimum Gasteiger partial charge on any atom is -0.484 e. The van der Waals surface area contributed by atoms with Crippen molar-refractivity contribution in [2.75, 3.05) is 25.0 Å². The fraction of sp³-hybridized carbons (Fsp3) is 0.348. The van der Waals surface area contributed by atoms with Crippen molar-refractivity contribution in [3.63, 3.8) is 0 Å². The Morgan fingerprint density at radius 1 is 1.13 bits per heavy atom. The Morgan fingerprint density at radius 2 is 1.87 bits per heavy atom. The van der Waals surface area contributed by atoms with Crippen LogP contribution in [0.25, 0.3) is 0 Å². The average Bonchev–Trinajstić information content (AvgIpc) is 3.61. The topological polar surface area (TPSA) is 87.7 Å². The number of anilines is 1. The standard InChI is InChI=1S/C23H26FN3O4/c1-2-27(14-21(28)25-13-16-6-10-18(24)11-7-16)22(29)15-31-20-5-3-4-19(12-20)26-23(30)17-8-9-17/h3-7,10-12,17H,2,8-9,13-15H2,1H3,(H,25,28)(H,26,30). The summed E-state index contributed by atoms with van der Waals surface area (Å²) in [5, 5.41) is 5.55. The number of nitrogens with zero attached hydrogens (tertiary/aromatic N) is 1. The van der Waals surface area contributed by atoms with Crippen LogP contribution in [0.1, 0.15) is 25.3 Å². The highest BCUT2D eigenvalue weighted by Crippen LogP contribution is 2.30. The van der Waals surface area contributed by atoms with Crippen molar-refractivity contribution in [3.8, 4) is 5.75 Å². The Kier molecular flexibility index (Phi) is 7.59. The largest absolute Gasteiger partial charge is 0.484 e. The van der Waals surface area contributed by atoms with Crippen molar-refractivity contribution in [1.82, 2.24) is 10.2 Å². The van der Waals surface area contributed by atoms with Crippen molar-refractivity contribution < 1.29 is 23.5 Å². The lowest BCUT2D eigenvalue weighted by molar-refractivity contribution is -0.137. The number of carbonyl (C=O) groups is 3. The fourth-order valence-electron chi connectivity index (χ4n) is 2.90. The average molecular weight is 427 g/mol. The summed E-state index contributed by atoms with van der Waals surface area (Å²) in [4.78, 5) is 37.9. The van der Waals surface area contributed by atoms with E-state index in [1.807, 2.05) is 0 Å². The number of halogens is 1. The molecule has 1 aliphatic rings. The second-order valence-corrected chi connectivity index (χ2v) is 7.39. The summed E-state index contributed by atoms with van der Waals surface area (Å²) in [6, 6.07) is 12.7. The number of amides is 3. The van der Waals surface area contributed by atoms with E-state index in [0.29, 0.717) is 18.0 Å². The van der Waals surface area contributed by atoms with Crippen LogP contribution < -0.4 is 15.4 Å². The Hall–Kier alpha value is -3.42. The molecule has 7 nitrogen and oxygen atoms in total. The van der Waals surface area contributed by atoms with Crippen LogP contribution in [0.15, 0.2) is 48.5 Å². The normalized spacial score (nSPS) is 12.7. The molecule has 8 heteroatoms. The van der Waals surface area contributed by atoms with E-state index < -0.39 is 0 Å². The maximum absolute atomic E-state index is 12.9. The van der Waals surface area contributed by atoms with Gasteiger partial charge in [0.05, 0.1) is 6.54 Å². The summed E-state index contributed by atoms with van der Waals surface area (Å²) in [5.74, 6) is -0.431. The van der Waals surface area contributed by atoms with Gasteiger partial charge in [0.1, 0.15) is 11.6 Å². The van der Waals surface area contributed by atoms with Gasteiger partial charge in [0.25, 0.3) is 5.91 Å². The number of benzene rings is 2. The highest BCUT2D eigenvalue weighted by atomic mass is 19.1. The molecule has 0 spiro atoms. The smallest absolute Gasteiger partial charge is 0.260 e. The minimum atomic E-state index is -0.339. The second kappa shape index (κ2) is 10.6. The molecule has 1 fully saturated rings. The number of ether oxygens (including phenoxy) is 1. The summed E-state index contributed by atoms with van der Waals surface area (Å²) in [7, 11) is 0. The molecule has 0 saturated heterocycles. The van der Waals surface area contributed by atoms with Gasteiger partial charge in [-0.2, -0.15) is 0 Å². The predicted molar refractivity (Wildman–Crippen MR) is 114 cm³/mol. The lowest BCUT2D eigenvalue weighted by atomic mass is 10.2. The molecule has 1 aliphatic carbocycles. The fourth-order valence-corrected chi connectivity index (χ4v) is 2.90. The van der Waals surface area contributed by atoms with E-state index in [0.717, 1.165) is 18.4 Å². The first kappa shape index (κ1) is 22.3. The highest BCUT2D eigenvalue weighted by Gasteiger charge is 2.29. The van der Waals surface area contributed by atoms with Gasteiger partial charge in [0.15, 0.2) is 6.61 Å². The highest BCUT2D eigenvalue weighted by molar-refractivity contribution is 5.94. The summed E-state index contributed by atoms with van der Waals surface area (Å²) < 4.78 is 18.5. The first-order valence-corrected chi connectivity index (χ1v) is 10.3. The van der Waals surface area contributed by atoms with E-state index in [1.165, 1.54) is 17.0 Å². The lowest BCUT2D eigenvalue weighted by Gasteiger charge is -2.20. The first-order valence-electron chi connectivity index (χ1n) is 10.3. The Morgan fingerprint density at radius 3 is 2.55 bits per heavy atom. The number of nitrogens with one attached hydrogen (secondary N) is 2. The van der Waals surface area contributed by atoms with E-state index in [-0.39, 0.29) is 49.2 Å². The van der Waals surface area contributed by atoms with Crippen molar-refractivity contribution >= 4 is 23.4 Å². The molecule has 0 aromatic heterocycles. The predicted octanol–water partition coefficient (Wildman–Crippen LogP) is 2.72. The van der Waals surface area contributed by atoms with Crippen molar-refractivity contribution in [2.45, 2.75) is 26.3 Å². The molecule has 2 aromatic rings. The number of hydrogen-bond acceptors (Lipinski definition) is 4. The Balaban J connectivity index is 1.45. The maximum atomic E-state index is 12.9. The number of likely N-dealkylation sites (N-methyl/N-ethyl adjacent to an activating group) is 1. The summed E-state index contributed by atoms with van der Waals surface area (Å²) in [6.45, 7) is 2.06. The molecule has 31 heavy (non-hydrogen) atoms. The number of carbonyl (C=O) groups excluding carboxylic acids is 3. The van der Waals surface area contributed by atoms with Crippen LogP contribution in [-0.4, -0.2) is 42.3 Å². The van der Waals surface area contributed by atoms with Gasteiger partial charge in [-0.15, -0.1) is 0 Å². The van der Waals surface area contributed by atoms with Gasteiger partial charge in [0, 0.05) is 30.8 Å². The zero-order valence-corrected chi connectivity index (χ0v) is 17.4. The van der Waals surface area contributed by atoms with Crippen LogP contribution in [0.2, 0.25) is 0 Å². The second-order valence-electron chi connectivity index (χ2n) is 7.39. The molecule has 0 unspecified atom stereocenters. The minimum absolute atomic E-state index is 0.00275. The quantitative estimate of drug-likeness (QED) is 0.610. The Bertz CT molecular complexity index is 929. The summed E-state index contributed by atoms with van der Waals surface area (Å²) >= 11 is 0. The third-order valence-corrected chi connectivity index (χ3v) is 4.88. The molecule has 0 radical (unpaired) electrons. The molecule has 2 aromatic carbocycles. The van der Waals surface area contributed by atoms with Gasteiger partial charge < -0.3 is 20.3 Å². The third kappa shape index (κ3) is 7.09. The van der Waals surface area contributed by atoms with Crippen molar-refractivity contribution in [3.05, 3.63) is 59.9 Å².